The van der Waals surface area contributed by atoms with Crippen molar-refractivity contribution >= 4 is 23.2 Å². The fourth-order valence-electron chi connectivity index (χ4n) is 1.85. The van der Waals surface area contributed by atoms with Crippen molar-refractivity contribution < 1.29 is 18.3 Å². The van der Waals surface area contributed by atoms with Gasteiger partial charge >= 0.3 is 0 Å². The van der Waals surface area contributed by atoms with Gasteiger partial charge in [0.25, 0.3) is 0 Å². The van der Waals surface area contributed by atoms with E-state index < -0.39 is 11.6 Å². The van der Waals surface area contributed by atoms with Gasteiger partial charge in [-0.1, -0.05) is 23.7 Å². The van der Waals surface area contributed by atoms with Gasteiger partial charge in [-0.15, -0.1) is 11.6 Å². The summed E-state index contributed by atoms with van der Waals surface area (Å²) in [6.07, 6.45) is 0. The molecule has 0 atom stereocenters. The molecule has 0 aromatic heterocycles. The lowest BCUT2D eigenvalue weighted by atomic mass is 10.2. The van der Waals surface area contributed by atoms with Crippen molar-refractivity contribution in [3.8, 4) is 11.5 Å². The number of ether oxygens (including phenoxy) is 2. The average Bonchev–Trinajstić information content (AvgIpc) is 2.48. The monoisotopic (exact) mass is 332 g/mol. The van der Waals surface area contributed by atoms with Crippen LogP contribution in [0, 0.1) is 11.6 Å². The zero-order valence-electron chi connectivity index (χ0n) is 11.1. The van der Waals surface area contributed by atoms with Gasteiger partial charge in [0, 0.05) is 22.2 Å². The Kier molecular flexibility index (Phi) is 5.26. The van der Waals surface area contributed by atoms with Crippen molar-refractivity contribution in [1.82, 2.24) is 0 Å². The fraction of sp³-hybridized carbons (Fsp3) is 0.200. The highest BCUT2D eigenvalue weighted by atomic mass is 35.5. The smallest absolute Gasteiger partial charge is 0.166 e. The highest BCUT2D eigenvalue weighted by Crippen LogP contribution is 2.36. The van der Waals surface area contributed by atoms with Gasteiger partial charge in [0.2, 0.25) is 0 Å². The molecule has 0 spiro atoms. The van der Waals surface area contributed by atoms with Gasteiger partial charge in [-0.05, 0) is 12.1 Å². The molecule has 0 saturated heterocycles. The van der Waals surface area contributed by atoms with Crippen molar-refractivity contribution in [2.75, 3.05) is 7.11 Å². The maximum atomic E-state index is 13.6. The molecule has 0 bridgehead atoms. The number of hydrogen-bond acceptors (Lipinski definition) is 2. The van der Waals surface area contributed by atoms with E-state index in [0.29, 0.717) is 22.1 Å². The van der Waals surface area contributed by atoms with Crippen LogP contribution in [-0.2, 0) is 12.5 Å². The number of methoxy groups -OCH3 is 1. The first-order chi connectivity index (χ1) is 10.1. The maximum Gasteiger partial charge on any atom is 0.166 e. The minimum absolute atomic E-state index is 0.104. The van der Waals surface area contributed by atoms with E-state index in [2.05, 4.69) is 0 Å². The lowest BCUT2D eigenvalue weighted by Gasteiger charge is -2.15. The zero-order valence-corrected chi connectivity index (χ0v) is 12.6. The Labute approximate surface area is 131 Å². The molecule has 2 rings (SSSR count). The van der Waals surface area contributed by atoms with Crippen molar-refractivity contribution in [3.63, 3.8) is 0 Å². The Hall–Kier alpha value is -1.52. The number of hydrogen-bond donors (Lipinski definition) is 0. The molecule has 0 unspecified atom stereocenters. The molecule has 0 amide bonds. The van der Waals surface area contributed by atoms with Crippen LogP contribution in [0.3, 0.4) is 0 Å². The summed E-state index contributed by atoms with van der Waals surface area (Å²) in [5.41, 5.74) is 0.713. The minimum atomic E-state index is -0.933. The molecular weight excluding hydrogens is 321 g/mol. The van der Waals surface area contributed by atoms with E-state index in [1.807, 2.05) is 0 Å². The van der Waals surface area contributed by atoms with Crippen LogP contribution in [0.4, 0.5) is 8.78 Å². The molecule has 0 radical (unpaired) electrons. The second-order valence-electron chi connectivity index (χ2n) is 4.23. The highest BCUT2D eigenvalue weighted by Gasteiger charge is 2.14. The third-order valence-electron chi connectivity index (χ3n) is 2.86. The van der Waals surface area contributed by atoms with Gasteiger partial charge in [-0.3, -0.25) is 0 Å². The molecular formula is C15H12Cl2F2O2. The molecule has 112 valence electrons. The lowest BCUT2D eigenvalue weighted by molar-refractivity contribution is 0.275. The number of rotatable bonds is 5. The van der Waals surface area contributed by atoms with Crippen molar-refractivity contribution in [2.45, 2.75) is 12.5 Å². The summed E-state index contributed by atoms with van der Waals surface area (Å²) in [7, 11) is 1.46. The lowest BCUT2D eigenvalue weighted by Crippen LogP contribution is -2.03. The molecule has 0 saturated carbocycles. The van der Waals surface area contributed by atoms with E-state index >= 15 is 0 Å². The summed E-state index contributed by atoms with van der Waals surface area (Å²) in [6, 6.07) is 7.11. The van der Waals surface area contributed by atoms with Crippen LogP contribution < -0.4 is 9.47 Å². The molecule has 0 heterocycles. The standard InChI is InChI=1S/C15H12Cl2F2O2/c1-20-13-6-11(17)5-10(7-16)15(13)21-8-9-3-2-4-12(18)14(9)19/h2-6H,7-8H2,1H3. The van der Waals surface area contributed by atoms with E-state index in [1.165, 1.54) is 19.2 Å². The third-order valence-corrected chi connectivity index (χ3v) is 3.37. The van der Waals surface area contributed by atoms with E-state index in [0.717, 1.165) is 6.07 Å². The summed E-state index contributed by atoms with van der Waals surface area (Å²) in [5.74, 6) is -0.956. The van der Waals surface area contributed by atoms with Crippen molar-refractivity contribution in [3.05, 3.63) is 58.1 Å². The molecule has 0 aliphatic heterocycles. The Morgan fingerprint density at radius 2 is 1.90 bits per heavy atom. The predicted octanol–water partition coefficient (Wildman–Crippen LogP) is 4.94. The Morgan fingerprint density at radius 3 is 2.57 bits per heavy atom. The van der Waals surface area contributed by atoms with Gasteiger partial charge in [0.1, 0.15) is 6.61 Å². The van der Waals surface area contributed by atoms with E-state index in [-0.39, 0.29) is 18.1 Å². The molecule has 0 aliphatic carbocycles. The second kappa shape index (κ2) is 6.96. The summed E-state index contributed by atoms with van der Waals surface area (Å²) in [4.78, 5) is 0. The first-order valence-corrected chi connectivity index (χ1v) is 6.96. The Balaban J connectivity index is 2.29. The molecule has 2 aromatic carbocycles. The number of alkyl halides is 1. The Morgan fingerprint density at radius 1 is 1.14 bits per heavy atom. The number of benzene rings is 2. The van der Waals surface area contributed by atoms with Gasteiger partial charge in [-0.2, -0.15) is 0 Å². The van der Waals surface area contributed by atoms with Gasteiger partial charge < -0.3 is 9.47 Å². The van der Waals surface area contributed by atoms with E-state index in [9.17, 15) is 8.78 Å². The summed E-state index contributed by atoms with van der Waals surface area (Å²) < 4.78 is 37.5. The highest BCUT2D eigenvalue weighted by molar-refractivity contribution is 6.31. The van der Waals surface area contributed by atoms with Crippen LogP contribution in [-0.4, -0.2) is 7.11 Å². The average molecular weight is 333 g/mol. The summed E-state index contributed by atoms with van der Waals surface area (Å²) in [5, 5.41) is 0.451. The molecule has 0 N–H and O–H groups in total. The van der Waals surface area contributed by atoms with Crippen LogP contribution in [0.5, 0.6) is 11.5 Å². The van der Waals surface area contributed by atoms with E-state index in [4.69, 9.17) is 32.7 Å². The second-order valence-corrected chi connectivity index (χ2v) is 4.94. The molecule has 0 aliphatic rings. The van der Waals surface area contributed by atoms with Crippen LogP contribution in [0.1, 0.15) is 11.1 Å². The van der Waals surface area contributed by atoms with Crippen molar-refractivity contribution in [2.24, 2.45) is 0 Å². The Bertz CT molecular complexity index is 623. The van der Waals surface area contributed by atoms with Crippen LogP contribution in [0.2, 0.25) is 5.02 Å². The van der Waals surface area contributed by atoms with Gasteiger partial charge in [-0.25, -0.2) is 8.78 Å². The predicted molar refractivity (Wildman–Crippen MR) is 78.3 cm³/mol. The molecule has 0 fully saturated rings. The molecule has 6 heteroatoms. The summed E-state index contributed by atoms with van der Waals surface area (Å²) >= 11 is 11.8. The topological polar surface area (TPSA) is 18.5 Å². The van der Waals surface area contributed by atoms with E-state index in [1.54, 1.807) is 12.1 Å². The van der Waals surface area contributed by atoms with Crippen LogP contribution >= 0.6 is 23.2 Å². The quantitative estimate of drug-likeness (QED) is 0.721. The molecule has 2 aromatic rings. The molecule has 21 heavy (non-hydrogen) atoms. The first-order valence-electron chi connectivity index (χ1n) is 6.05. The summed E-state index contributed by atoms with van der Waals surface area (Å²) in [6.45, 7) is -0.147. The van der Waals surface area contributed by atoms with Gasteiger partial charge in [0.05, 0.1) is 13.0 Å². The fourth-order valence-corrected chi connectivity index (χ4v) is 2.28. The van der Waals surface area contributed by atoms with Crippen LogP contribution in [0.15, 0.2) is 30.3 Å². The van der Waals surface area contributed by atoms with Crippen molar-refractivity contribution in [1.29, 1.82) is 0 Å². The van der Waals surface area contributed by atoms with Crippen LogP contribution in [0.25, 0.3) is 0 Å². The minimum Gasteiger partial charge on any atom is -0.493 e. The zero-order chi connectivity index (χ0) is 15.4. The molecule has 2 nitrogen and oxygen atoms in total. The maximum absolute atomic E-state index is 13.6. The SMILES string of the molecule is COc1cc(Cl)cc(CCl)c1OCc1cccc(F)c1F. The largest absolute Gasteiger partial charge is 0.493 e. The third kappa shape index (κ3) is 3.57. The first kappa shape index (κ1) is 15.9. The number of halogens is 4. The normalized spacial score (nSPS) is 10.5. The van der Waals surface area contributed by atoms with Gasteiger partial charge in [0.15, 0.2) is 23.1 Å².